The maximum Gasteiger partial charge on any atom is 0.128 e. The van der Waals surface area contributed by atoms with Crippen molar-refractivity contribution < 1.29 is 9.47 Å². The first kappa shape index (κ1) is 12.6. The van der Waals surface area contributed by atoms with Gasteiger partial charge in [-0.1, -0.05) is 24.3 Å². The molecule has 0 radical (unpaired) electrons. The summed E-state index contributed by atoms with van der Waals surface area (Å²) in [5, 5.41) is 1.13. The normalized spacial score (nSPS) is 10.7. The van der Waals surface area contributed by atoms with Crippen LogP contribution in [0.25, 0.3) is 10.9 Å². The minimum absolute atomic E-state index is 0.644. The van der Waals surface area contributed by atoms with Crippen LogP contribution in [0.4, 0.5) is 0 Å². The first-order valence-corrected chi connectivity index (χ1v) is 6.68. The molecule has 3 rings (SSSR count). The lowest BCUT2D eigenvalue weighted by molar-refractivity contribution is 0.300. The molecular weight excluding hydrogens is 250 g/mol. The molecule has 2 aromatic carbocycles. The molecule has 1 aromatic heterocycles. The van der Waals surface area contributed by atoms with E-state index in [1.54, 1.807) is 7.11 Å². The third-order valence-corrected chi connectivity index (χ3v) is 3.34. The Labute approximate surface area is 118 Å². The molecule has 0 amide bonds. The number of hydrogen-bond acceptors (Lipinski definition) is 2. The van der Waals surface area contributed by atoms with Crippen molar-refractivity contribution in [1.82, 2.24) is 4.57 Å². The Morgan fingerprint density at radius 2 is 1.80 bits per heavy atom. The highest BCUT2D eigenvalue weighted by Gasteiger charge is 2.05. The first-order chi connectivity index (χ1) is 9.88. The maximum absolute atomic E-state index is 5.73. The fourth-order valence-corrected chi connectivity index (χ4v) is 2.35. The van der Waals surface area contributed by atoms with Gasteiger partial charge in [0.1, 0.15) is 18.1 Å². The van der Waals surface area contributed by atoms with E-state index < -0.39 is 0 Å². The summed E-state index contributed by atoms with van der Waals surface area (Å²) in [7, 11) is 1.70. The van der Waals surface area contributed by atoms with Crippen molar-refractivity contribution in [3.05, 3.63) is 60.8 Å². The van der Waals surface area contributed by atoms with E-state index in [0.29, 0.717) is 6.61 Å². The Balaban J connectivity index is 1.72. The molecule has 0 aliphatic carbocycles. The monoisotopic (exact) mass is 267 g/mol. The van der Waals surface area contributed by atoms with Gasteiger partial charge in [-0.25, -0.2) is 0 Å². The molecule has 0 spiro atoms. The van der Waals surface area contributed by atoms with Gasteiger partial charge < -0.3 is 14.0 Å². The Morgan fingerprint density at radius 3 is 2.60 bits per heavy atom. The van der Waals surface area contributed by atoms with Gasteiger partial charge in [-0.15, -0.1) is 0 Å². The van der Waals surface area contributed by atoms with Crippen molar-refractivity contribution in [3.63, 3.8) is 0 Å². The fourth-order valence-electron chi connectivity index (χ4n) is 2.35. The molecule has 0 aliphatic heterocycles. The van der Waals surface area contributed by atoms with Crippen LogP contribution in [-0.2, 0) is 6.54 Å². The van der Waals surface area contributed by atoms with Crippen LogP contribution in [-0.4, -0.2) is 18.3 Å². The summed E-state index contributed by atoms with van der Waals surface area (Å²) in [5.74, 6) is 1.81. The van der Waals surface area contributed by atoms with Crippen LogP contribution in [0.15, 0.2) is 60.8 Å². The van der Waals surface area contributed by atoms with Crippen molar-refractivity contribution in [2.75, 3.05) is 13.7 Å². The summed E-state index contributed by atoms with van der Waals surface area (Å²) in [4.78, 5) is 0. The number of ether oxygens (including phenoxy) is 2. The Morgan fingerprint density at radius 1 is 0.950 bits per heavy atom. The summed E-state index contributed by atoms with van der Waals surface area (Å²) >= 11 is 0. The first-order valence-electron chi connectivity index (χ1n) is 6.68. The van der Waals surface area contributed by atoms with Gasteiger partial charge >= 0.3 is 0 Å². The van der Waals surface area contributed by atoms with Crippen molar-refractivity contribution in [1.29, 1.82) is 0 Å². The van der Waals surface area contributed by atoms with Gasteiger partial charge in [-0.3, -0.25) is 0 Å². The van der Waals surface area contributed by atoms with Crippen LogP contribution in [0.1, 0.15) is 0 Å². The summed E-state index contributed by atoms with van der Waals surface area (Å²) < 4.78 is 13.3. The second kappa shape index (κ2) is 5.70. The van der Waals surface area contributed by atoms with Gasteiger partial charge in [-0.2, -0.15) is 0 Å². The smallest absolute Gasteiger partial charge is 0.128 e. The predicted octanol–water partition coefficient (Wildman–Crippen LogP) is 3.73. The lowest BCUT2D eigenvalue weighted by Crippen LogP contribution is -2.07. The van der Waals surface area contributed by atoms with Gasteiger partial charge in [-0.05, 0) is 30.3 Å². The van der Waals surface area contributed by atoms with Gasteiger partial charge in [0.25, 0.3) is 0 Å². The highest BCUT2D eigenvalue weighted by Crippen LogP contribution is 2.26. The molecule has 0 saturated carbocycles. The topological polar surface area (TPSA) is 23.4 Å². The molecule has 3 aromatic rings. The zero-order valence-electron chi connectivity index (χ0n) is 11.5. The number of aromatic nitrogens is 1. The van der Waals surface area contributed by atoms with E-state index in [1.165, 1.54) is 5.52 Å². The molecule has 0 saturated heterocycles. The number of fused-ring (bicyclic) bond motifs is 1. The third-order valence-electron chi connectivity index (χ3n) is 3.34. The SMILES string of the molecule is COc1cccc2c1ccn2CCOc1ccccc1. The van der Waals surface area contributed by atoms with Crippen molar-refractivity contribution in [3.8, 4) is 11.5 Å². The van der Waals surface area contributed by atoms with Crippen LogP contribution < -0.4 is 9.47 Å². The number of methoxy groups -OCH3 is 1. The maximum atomic E-state index is 5.73. The molecule has 3 heteroatoms. The minimum Gasteiger partial charge on any atom is -0.496 e. The quantitative estimate of drug-likeness (QED) is 0.703. The van der Waals surface area contributed by atoms with E-state index in [0.717, 1.165) is 23.4 Å². The number of nitrogens with zero attached hydrogens (tertiary/aromatic N) is 1. The molecule has 1 heterocycles. The molecule has 0 N–H and O–H groups in total. The van der Waals surface area contributed by atoms with Crippen LogP contribution in [0.2, 0.25) is 0 Å². The molecule has 0 bridgehead atoms. The van der Waals surface area contributed by atoms with Gasteiger partial charge in [0.05, 0.1) is 19.2 Å². The number of benzene rings is 2. The minimum atomic E-state index is 0.644. The molecule has 0 aliphatic rings. The summed E-state index contributed by atoms with van der Waals surface area (Å²) in [6, 6.07) is 18.0. The van der Waals surface area contributed by atoms with E-state index in [1.807, 2.05) is 42.5 Å². The molecule has 0 fully saturated rings. The predicted molar refractivity (Wildman–Crippen MR) is 80.4 cm³/mol. The average molecular weight is 267 g/mol. The summed E-state index contributed by atoms with van der Waals surface area (Å²) in [6.45, 7) is 1.45. The van der Waals surface area contributed by atoms with Gasteiger partial charge in [0.2, 0.25) is 0 Å². The van der Waals surface area contributed by atoms with Gasteiger partial charge in [0.15, 0.2) is 0 Å². The van der Waals surface area contributed by atoms with Crippen LogP contribution in [0, 0.1) is 0 Å². The number of hydrogen-bond donors (Lipinski definition) is 0. The van der Waals surface area contributed by atoms with E-state index in [-0.39, 0.29) is 0 Å². The van der Waals surface area contributed by atoms with Crippen LogP contribution in [0.5, 0.6) is 11.5 Å². The highest BCUT2D eigenvalue weighted by molar-refractivity contribution is 5.86. The number of rotatable bonds is 5. The second-order valence-corrected chi connectivity index (χ2v) is 4.56. The standard InChI is InChI=1S/C17H17NO2/c1-19-17-9-5-8-16-15(17)10-11-18(16)12-13-20-14-6-3-2-4-7-14/h2-11H,12-13H2,1H3. The van der Waals surface area contributed by atoms with Crippen LogP contribution >= 0.6 is 0 Å². The van der Waals surface area contributed by atoms with Crippen molar-refractivity contribution >= 4 is 10.9 Å². The third kappa shape index (κ3) is 2.48. The molecule has 102 valence electrons. The Hall–Kier alpha value is -2.42. The number of para-hydroxylation sites is 1. The molecule has 0 unspecified atom stereocenters. The van der Waals surface area contributed by atoms with E-state index in [4.69, 9.17) is 9.47 Å². The van der Waals surface area contributed by atoms with Crippen LogP contribution in [0.3, 0.4) is 0 Å². The van der Waals surface area contributed by atoms with Gasteiger partial charge in [0, 0.05) is 11.6 Å². The molecule has 3 nitrogen and oxygen atoms in total. The fraction of sp³-hybridized carbons (Fsp3) is 0.176. The van der Waals surface area contributed by atoms with Crippen molar-refractivity contribution in [2.45, 2.75) is 6.54 Å². The molecule has 0 atom stereocenters. The Bertz CT molecular complexity index is 689. The zero-order valence-corrected chi connectivity index (χ0v) is 11.5. The average Bonchev–Trinajstić information content (AvgIpc) is 2.92. The second-order valence-electron chi connectivity index (χ2n) is 4.56. The molecular formula is C17H17NO2. The van der Waals surface area contributed by atoms with E-state index in [9.17, 15) is 0 Å². The highest BCUT2D eigenvalue weighted by atomic mass is 16.5. The van der Waals surface area contributed by atoms with E-state index >= 15 is 0 Å². The summed E-state index contributed by atoms with van der Waals surface area (Å²) in [5.41, 5.74) is 1.17. The lowest BCUT2D eigenvalue weighted by atomic mass is 10.2. The van der Waals surface area contributed by atoms with E-state index in [2.05, 4.69) is 22.9 Å². The Kier molecular flexibility index (Phi) is 3.59. The largest absolute Gasteiger partial charge is 0.496 e. The van der Waals surface area contributed by atoms with Crippen molar-refractivity contribution in [2.24, 2.45) is 0 Å². The summed E-state index contributed by atoms with van der Waals surface area (Å²) in [6.07, 6.45) is 2.07. The lowest BCUT2D eigenvalue weighted by Gasteiger charge is -2.08. The zero-order chi connectivity index (χ0) is 13.8. The molecule has 20 heavy (non-hydrogen) atoms.